The van der Waals surface area contributed by atoms with Gasteiger partial charge in [0, 0.05) is 6.42 Å². The van der Waals surface area contributed by atoms with Gasteiger partial charge in [-0.1, -0.05) is 52.4 Å². The molecule has 0 aromatic rings. The van der Waals surface area contributed by atoms with Gasteiger partial charge in [-0.2, -0.15) is 0 Å². The summed E-state index contributed by atoms with van der Waals surface area (Å²) in [7, 11) is 0. The Morgan fingerprint density at radius 1 is 1.06 bits per heavy atom. The summed E-state index contributed by atoms with van der Waals surface area (Å²) in [5.74, 6) is 0.469. The standard InChI is InChI=1S/C16H31NO/c1-3-5-6-7-8-9-10-12-15(18)16(4-2)13-11-14-17-16/h17H,3-14H2,1-2H3. The van der Waals surface area contributed by atoms with E-state index >= 15 is 0 Å². The first-order valence-corrected chi connectivity index (χ1v) is 8.03. The number of unbranched alkanes of at least 4 members (excludes halogenated alkanes) is 6. The fourth-order valence-electron chi connectivity index (χ4n) is 3.03. The molecule has 1 heterocycles. The van der Waals surface area contributed by atoms with E-state index in [9.17, 15) is 4.79 Å². The number of ketones is 1. The number of hydrogen-bond acceptors (Lipinski definition) is 2. The minimum absolute atomic E-state index is 0.151. The predicted octanol–water partition coefficient (Wildman–Crippen LogP) is 4.23. The molecule has 1 unspecified atom stereocenters. The summed E-state index contributed by atoms with van der Waals surface area (Å²) in [6.45, 7) is 5.41. The SMILES string of the molecule is CCCCCCCCCC(=O)C1(CC)CCCN1. The molecule has 18 heavy (non-hydrogen) atoms. The van der Waals surface area contributed by atoms with E-state index in [0.29, 0.717) is 5.78 Å². The molecule has 0 radical (unpaired) electrons. The van der Waals surface area contributed by atoms with Gasteiger partial charge in [0.15, 0.2) is 5.78 Å². The van der Waals surface area contributed by atoms with Crippen LogP contribution in [0.4, 0.5) is 0 Å². The molecular formula is C16H31NO. The monoisotopic (exact) mass is 253 g/mol. The van der Waals surface area contributed by atoms with Crippen LogP contribution in [0.1, 0.15) is 84.5 Å². The number of nitrogens with one attached hydrogen (secondary N) is 1. The van der Waals surface area contributed by atoms with Gasteiger partial charge in [0.1, 0.15) is 0 Å². The van der Waals surface area contributed by atoms with Crippen LogP contribution in [0.15, 0.2) is 0 Å². The lowest BCUT2D eigenvalue weighted by molar-refractivity contribution is -0.125. The molecule has 1 fully saturated rings. The van der Waals surface area contributed by atoms with Crippen LogP contribution in [0.2, 0.25) is 0 Å². The highest BCUT2D eigenvalue weighted by atomic mass is 16.1. The first-order chi connectivity index (χ1) is 8.75. The van der Waals surface area contributed by atoms with Crippen molar-refractivity contribution in [2.24, 2.45) is 0 Å². The van der Waals surface area contributed by atoms with Gasteiger partial charge < -0.3 is 5.32 Å². The number of Topliss-reactive ketones (excluding diaryl/α,β-unsaturated/α-hetero) is 1. The summed E-state index contributed by atoms with van der Waals surface area (Å²) in [4.78, 5) is 12.3. The van der Waals surface area contributed by atoms with Gasteiger partial charge >= 0.3 is 0 Å². The lowest BCUT2D eigenvalue weighted by Gasteiger charge is -2.26. The molecule has 1 N–H and O–H groups in total. The highest BCUT2D eigenvalue weighted by molar-refractivity contribution is 5.88. The van der Waals surface area contributed by atoms with Crippen molar-refractivity contribution in [3.63, 3.8) is 0 Å². The fraction of sp³-hybridized carbons (Fsp3) is 0.938. The minimum atomic E-state index is -0.151. The molecule has 0 aromatic carbocycles. The Balaban J connectivity index is 2.09. The first kappa shape index (κ1) is 15.7. The molecule has 0 aromatic heterocycles. The molecule has 106 valence electrons. The third-order valence-corrected chi connectivity index (χ3v) is 4.39. The van der Waals surface area contributed by atoms with Crippen molar-refractivity contribution in [1.82, 2.24) is 5.32 Å². The Hall–Kier alpha value is -0.370. The third-order valence-electron chi connectivity index (χ3n) is 4.39. The van der Waals surface area contributed by atoms with Crippen molar-refractivity contribution in [2.75, 3.05) is 6.54 Å². The molecule has 0 amide bonds. The maximum Gasteiger partial charge on any atom is 0.152 e. The molecule has 0 bridgehead atoms. The van der Waals surface area contributed by atoms with Crippen molar-refractivity contribution < 1.29 is 4.79 Å². The second kappa shape index (κ2) is 8.68. The predicted molar refractivity (Wildman–Crippen MR) is 77.9 cm³/mol. The highest BCUT2D eigenvalue weighted by Crippen LogP contribution is 2.26. The topological polar surface area (TPSA) is 29.1 Å². The van der Waals surface area contributed by atoms with Crippen LogP contribution >= 0.6 is 0 Å². The van der Waals surface area contributed by atoms with Crippen LogP contribution in [0, 0.1) is 0 Å². The Morgan fingerprint density at radius 3 is 2.28 bits per heavy atom. The van der Waals surface area contributed by atoms with Crippen LogP contribution in [-0.4, -0.2) is 17.9 Å². The van der Waals surface area contributed by atoms with Gasteiger partial charge in [-0.25, -0.2) is 0 Å². The molecule has 0 saturated carbocycles. The lowest BCUT2D eigenvalue weighted by atomic mass is 9.86. The molecule has 1 atom stereocenters. The molecule has 1 rings (SSSR count). The van der Waals surface area contributed by atoms with Gasteiger partial charge in [-0.05, 0) is 32.2 Å². The Kier molecular flexibility index (Phi) is 7.57. The van der Waals surface area contributed by atoms with E-state index in [1.807, 2.05) is 0 Å². The maximum absolute atomic E-state index is 12.3. The van der Waals surface area contributed by atoms with Crippen molar-refractivity contribution in [3.05, 3.63) is 0 Å². The summed E-state index contributed by atoms with van der Waals surface area (Å²) in [5.41, 5.74) is -0.151. The van der Waals surface area contributed by atoms with Gasteiger partial charge in [0.25, 0.3) is 0 Å². The second-order valence-corrected chi connectivity index (χ2v) is 5.76. The van der Waals surface area contributed by atoms with Crippen LogP contribution in [-0.2, 0) is 4.79 Å². The maximum atomic E-state index is 12.3. The van der Waals surface area contributed by atoms with E-state index in [1.54, 1.807) is 0 Å². The number of carbonyl (C=O) groups excluding carboxylic acids is 1. The van der Waals surface area contributed by atoms with Crippen LogP contribution < -0.4 is 5.32 Å². The average Bonchev–Trinajstić information content (AvgIpc) is 2.87. The number of hydrogen-bond donors (Lipinski definition) is 1. The summed E-state index contributed by atoms with van der Waals surface area (Å²) in [5, 5.41) is 3.44. The van der Waals surface area contributed by atoms with Gasteiger partial charge in [0.05, 0.1) is 5.54 Å². The lowest BCUT2D eigenvalue weighted by Crippen LogP contribution is -2.46. The van der Waals surface area contributed by atoms with Crippen molar-refractivity contribution in [3.8, 4) is 0 Å². The zero-order valence-electron chi connectivity index (χ0n) is 12.4. The van der Waals surface area contributed by atoms with Crippen molar-refractivity contribution in [2.45, 2.75) is 90.0 Å². The van der Waals surface area contributed by atoms with Crippen LogP contribution in [0.3, 0.4) is 0 Å². The molecule has 1 aliphatic rings. The minimum Gasteiger partial charge on any atom is -0.305 e. The largest absolute Gasteiger partial charge is 0.305 e. The second-order valence-electron chi connectivity index (χ2n) is 5.76. The third kappa shape index (κ3) is 4.72. The zero-order chi connectivity index (χ0) is 13.3. The molecule has 1 aliphatic heterocycles. The quantitative estimate of drug-likeness (QED) is 0.590. The average molecular weight is 253 g/mol. The Labute approximate surface area is 113 Å². The van der Waals surface area contributed by atoms with Crippen molar-refractivity contribution >= 4 is 5.78 Å². The Bertz CT molecular complexity index is 231. The smallest absolute Gasteiger partial charge is 0.152 e. The van der Waals surface area contributed by atoms with E-state index in [-0.39, 0.29) is 5.54 Å². The number of rotatable bonds is 10. The molecule has 0 aliphatic carbocycles. The molecular weight excluding hydrogens is 222 g/mol. The fourth-order valence-corrected chi connectivity index (χ4v) is 3.03. The first-order valence-electron chi connectivity index (χ1n) is 8.03. The summed E-state index contributed by atoms with van der Waals surface area (Å²) >= 11 is 0. The Morgan fingerprint density at radius 2 is 1.72 bits per heavy atom. The van der Waals surface area contributed by atoms with Crippen LogP contribution in [0.25, 0.3) is 0 Å². The molecule has 0 spiro atoms. The van der Waals surface area contributed by atoms with E-state index < -0.39 is 0 Å². The van der Waals surface area contributed by atoms with Crippen LogP contribution in [0.5, 0.6) is 0 Å². The van der Waals surface area contributed by atoms with Crippen molar-refractivity contribution in [1.29, 1.82) is 0 Å². The summed E-state index contributed by atoms with van der Waals surface area (Å²) < 4.78 is 0. The molecule has 1 saturated heterocycles. The molecule has 2 nitrogen and oxygen atoms in total. The summed E-state index contributed by atoms with van der Waals surface area (Å²) in [6.07, 6.45) is 13.0. The summed E-state index contributed by atoms with van der Waals surface area (Å²) in [6, 6.07) is 0. The molecule has 2 heteroatoms. The normalized spacial score (nSPS) is 23.4. The van der Waals surface area contributed by atoms with E-state index in [2.05, 4.69) is 19.2 Å². The highest BCUT2D eigenvalue weighted by Gasteiger charge is 2.37. The number of carbonyl (C=O) groups is 1. The van der Waals surface area contributed by atoms with E-state index in [0.717, 1.165) is 38.6 Å². The van der Waals surface area contributed by atoms with Gasteiger partial charge in [0.2, 0.25) is 0 Å². The van der Waals surface area contributed by atoms with E-state index in [1.165, 1.54) is 38.5 Å². The zero-order valence-corrected chi connectivity index (χ0v) is 12.4. The van der Waals surface area contributed by atoms with E-state index in [4.69, 9.17) is 0 Å². The van der Waals surface area contributed by atoms with Gasteiger partial charge in [-0.3, -0.25) is 4.79 Å². The van der Waals surface area contributed by atoms with Gasteiger partial charge in [-0.15, -0.1) is 0 Å².